The average Bonchev–Trinajstić information content (AvgIpc) is 2.63. The molecule has 2 aromatic carbocycles. The monoisotopic (exact) mass is 395 g/mol. The van der Waals surface area contributed by atoms with E-state index in [1.54, 1.807) is 25.1 Å². The topological polar surface area (TPSA) is 56.8 Å². The Morgan fingerprint density at radius 1 is 1.08 bits per heavy atom. The number of hydrogen-bond acceptors (Lipinski definition) is 4. The molecule has 3 rings (SSSR count). The molecule has 0 saturated heterocycles. The fourth-order valence-electron chi connectivity index (χ4n) is 2.56. The minimum atomic E-state index is -0.715. The van der Waals surface area contributed by atoms with Gasteiger partial charge in [-0.3, -0.25) is 4.79 Å². The molecular weight excluding hydrogens is 377 g/mol. The molecule has 1 aliphatic rings. The van der Waals surface area contributed by atoms with Gasteiger partial charge < -0.3 is 19.5 Å². The lowest BCUT2D eigenvalue weighted by atomic mass is 10.1. The highest BCUT2D eigenvalue weighted by molar-refractivity contribution is 6.35. The van der Waals surface area contributed by atoms with Crippen molar-refractivity contribution >= 4 is 29.1 Å². The lowest BCUT2D eigenvalue weighted by Crippen LogP contribution is -2.37. The van der Waals surface area contributed by atoms with Crippen LogP contribution in [0.15, 0.2) is 36.4 Å². The number of ether oxygens (including phenoxy) is 3. The molecule has 0 saturated carbocycles. The summed E-state index contributed by atoms with van der Waals surface area (Å²) in [5.41, 5.74) is 0.916. The summed E-state index contributed by atoms with van der Waals surface area (Å²) >= 11 is 11.9. The first-order chi connectivity index (χ1) is 12.4. The molecule has 1 aliphatic heterocycles. The summed E-state index contributed by atoms with van der Waals surface area (Å²) in [6, 6.07) is 10.3. The van der Waals surface area contributed by atoms with E-state index < -0.39 is 6.10 Å². The van der Waals surface area contributed by atoms with E-state index in [0.29, 0.717) is 40.5 Å². The van der Waals surface area contributed by atoms with Crippen LogP contribution in [-0.4, -0.2) is 25.2 Å². The quantitative estimate of drug-likeness (QED) is 0.814. The van der Waals surface area contributed by atoms with Crippen LogP contribution in [0.1, 0.15) is 25.5 Å². The number of benzene rings is 2. The molecule has 7 heteroatoms. The van der Waals surface area contributed by atoms with Gasteiger partial charge in [0.05, 0.1) is 11.1 Å². The molecule has 138 valence electrons. The molecule has 0 spiro atoms. The van der Waals surface area contributed by atoms with Crippen molar-refractivity contribution in [3.05, 3.63) is 52.0 Å². The second-order valence-corrected chi connectivity index (χ2v) is 6.81. The Kier molecular flexibility index (Phi) is 5.79. The van der Waals surface area contributed by atoms with Gasteiger partial charge in [-0.2, -0.15) is 0 Å². The van der Waals surface area contributed by atoms with Crippen molar-refractivity contribution in [2.24, 2.45) is 0 Å². The number of hydrogen-bond donors (Lipinski definition) is 1. The van der Waals surface area contributed by atoms with Gasteiger partial charge in [0.2, 0.25) is 0 Å². The third-order valence-electron chi connectivity index (χ3n) is 3.99. The van der Waals surface area contributed by atoms with Crippen LogP contribution in [0.4, 0.5) is 0 Å². The normalized spacial score (nSPS) is 15.1. The van der Waals surface area contributed by atoms with Crippen molar-refractivity contribution in [1.82, 2.24) is 5.32 Å². The first kappa shape index (κ1) is 18.7. The molecule has 1 N–H and O–H groups in total. The van der Waals surface area contributed by atoms with E-state index in [9.17, 15) is 4.79 Å². The zero-order chi connectivity index (χ0) is 18.7. The minimum Gasteiger partial charge on any atom is -0.486 e. The first-order valence-corrected chi connectivity index (χ1v) is 9.01. The van der Waals surface area contributed by atoms with Gasteiger partial charge in [0.15, 0.2) is 17.6 Å². The predicted molar refractivity (Wildman–Crippen MR) is 101 cm³/mol. The molecule has 0 bridgehead atoms. The highest BCUT2D eigenvalue weighted by Crippen LogP contribution is 2.33. The molecule has 5 nitrogen and oxygen atoms in total. The molecule has 2 unspecified atom stereocenters. The summed E-state index contributed by atoms with van der Waals surface area (Å²) in [5, 5.41) is 3.79. The average molecular weight is 396 g/mol. The van der Waals surface area contributed by atoms with Crippen molar-refractivity contribution in [2.75, 3.05) is 13.2 Å². The molecular formula is C19H19Cl2NO4. The Morgan fingerprint density at radius 3 is 2.54 bits per heavy atom. The molecule has 1 heterocycles. The number of amides is 1. The van der Waals surface area contributed by atoms with E-state index >= 15 is 0 Å². The smallest absolute Gasteiger partial charge is 0.261 e. The van der Waals surface area contributed by atoms with Crippen LogP contribution in [0.25, 0.3) is 0 Å². The van der Waals surface area contributed by atoms with Crippen molar-refractivity contribution < 1.29 is 19.0 Å². The second kappa shape index (κ2) is 8.06. The number of carbonyl (C=O) groups is 1. The molecule has 2 atom stereocenters. The SMILES string of the molecule is CC(Oc1ccc(Cl)cc1Cl)C(=O)NC(C)c1ccc2c(c1)OCCO2. The molecule has 2 aromatic rings. The highest BCUT2D eigenvalue weighted by atomic mass is 35.5. The van der Waals surface area contributed by atoms with Crippen molar-refractivity contribution in [3.63, 3.8) is 0 Å². The van der Waals surface area contributed by atoms with E-state index in [-0.39, 0.29) is 11.9 Å². The van der Waals surface area contributed by atoms with E-state index in [1.165, 1.54) is 0 Å². The third kappa shape index (κ3) is 4.34. The molecule has 0 fully saturated rings. The number of nitrogens with one attached hydrogen (secondary N) is 1. The summed E-state index contributed by atoms with van der Waals surface area (Å²) in [5.74, 6) is 1.56. The van der Waals surface area contributed by atoms with Crippen LogP contribution in [0, 0.1) is 0 Å². The summed E-state index contributed by atoms with van der Waals surface area (Å²) in [6.45, 7) is 4.62. The fraction of sp³-hybridized carbons (Fsp3) is 0.316. The lowest BCUT2D eigenvalue weighted by molar-refractivity contribution is -0.127. The van der Waals surface area contributed by atoms with Gasteiger partial charge in [-0.15, -0.1) is 0 Å². The highest BCUT2D eigenvalue weighted by Gasteiger charge is 2.20. The minimum absolute atomic E-state index is 0.218. The maximum absolute atomic E-state index is 12.4. The Morgan fingerprint density at radius 2 is 1.81 bits per heavy atom. The molecule has 1 amide bonds. The van der Waals surface area contributed by atoms with Gasteiger partial charge >= 0.3 is 0 Å². The number of carbonyl (C=O) groups excluding carboxylic acids is 1. The van der Waals surface area contributed by atoms with Crippen molar-refractivity contribution in [3.8, 4) is 17.2 Å². The summed E-state index contributed by atoms with van der Waals surface area (Å²) in [7, 11) is 0. The van der Waals surface area contributed by atoms with Gasteiger partial charge in [-0.05, 0) is 49.7 Å². The van der Waals surface area contributed by atoms with Crippen molar-refractivity contribution in [2.45, 2.75) is 26.0 Å². The number of halogens is 2. The first-order valence-electron chi connectivity index (χ1n) is 8.25. The lowest BCUT2D eigenvalue weighted by Gasteiger charge is -2.22. The third-order valence-corrected chi connectivity index (χ3v) is 4.52. The van der Waals surface area contributed by atoms with Gasteiger partial charge in [0.1, 0.15) is 19.0 Å². The molecule has 0 aromatic heterocycles. The predicted octanol–water partition coefficient (Wildman–Crippen LogP) is 4.41. The summed E-state index contributed by atoms with van der Waals surface area (Å²) in [6.07, 6.45) is -0.715. The Balaban J connectivity index is 1.63. The molecule has 26 heavy (non-hydrogen) atoms. The van der Waals surface area contributed by atoms with Gasteiger partial charge in [-0.1, -0.05) is 29.3 Å². The van der Waals surface area contributed by atoms with Crippen LogP contribution in [-0.2, 0) is 4.79 Å². The Hall–Kier alpha value is -2.11. The Labute approximate surface area is 162 Å². The number of rotatable bonds is 5. The summed E-state index contributed by atoms with van der Waals surface area (Å²) < 4.78 is 16.7. The van der Waals surface area contributed by atoms with Crippen LogP contribution in [0.3, 0.4) is 0 Å². The standard InChI is InChI=1S/C19H19Cl2NO4/c1-11(13-3-5-17-18(9-13)25-8-7-24-17)22-19(23)12(2)26-16-6-4-14(20)10-15(16)21/h3-6,9-12H,7-8H2,1-2H3,(H,22,23). The zero-order valence-corrected chi connectivity index (χ0v) is 15.9. The van der Waals surface area contributed by atoms with E-state index in [2.05, 4.69) is 5.32 Å². The molecule has 0 aliphatic carbocycles. The van der Waals surface area contributed by atoms with E-state index in [1.807, 2.05) is 25.1 Å². The van der Waals surface area contributed by atoms with Crippen LogP contribution in [0.5, 0.6) is 17.2 Å². The van der Waals surface area contributed by atoms with E-state index in [4.69, 9.17) is 37.4 Å². The maximum atomic E-state index is 12.4. The van der Waals surface area contributed by atoms with Gasteiger partial charge in [0, 0.05) is 5.02 Å². The van der Waals surface area contributed by atoms with E-state index in [0.717, 1.165) is 5.56 Å². The molecule has 0 radical (unpaired) electrons. The Bertz CT molecular complexity index is 812. The second-order valence-electron chi connectivity index (χ2n) is 5.97. The summed E-state index contributed by atoms with van der Waals surface area (Å²) in [4.78, 5) is 12.4. The van der Waals surface area contributed by atoms with Gasteiger partial charge in [-0.25, -0.2) is 0 Å². The largest absolute Gasteiger partial charge is 0.486 e. The van der Waals surface area contributed by atoms with Crippen LogP contribution >= 0.6 is 23.2 Å². The fourth-order valence-corrected chi connectivity index (χ4v) is 3.01. The number of fused-ring (bicyclic) bond motifs is 1. The van der Waals surface area contributed by atoms with Gasteiger partial charge in [0.25, 0.3) is 5.91 Å². The zero-order valence-electron chi connectivity index (χ0n) is 14.4. The van der Waals surface area contributed by atoms with Crippen LogP contribution < -0.4 is 19.5 Å². The van der Waals surface area contributed by atoms with Crippen molar-refractivity contribution in [1.29, 1.82) is 0 Å². The maximum Gasteiger partial charge on any atom is 0.261 e. The van der Waals surface area contributed by atoms with Crippen LogP contribution in [0.2, 0.25) is 10.0 Å².